The second-order valence-corrected chi connectivity index (χ2v) is 5.68. The molecule has 106 valence electrons. The largest absolute Gasteiger partial charge is 0.483 e. The van der Waals surface area contributed by atoms with Gasteiger partial charge in [-0.3, -0.25) is 4.40 Å². The van der Waals surface area contributed by atoms with Crippen molar-refractivity contribution in [3.05, 3.63) is 42.5 Å². The minimum atomic E-state index is -0.212. The zero-order valence-electron chi connectivity index (χ0n) is 11.8. The van der Waals surface area contributed by atoms with Crippen LogP contribution in [0.15, 0.2) is 36.9 Å². The normalized spacial score (nSPS) is 15.7. The van der Waals surface area contributed by atoms with Crippen molar-refractivity contribution in [1.29, 1.82) is 0 Å². The average Bonchev–Trinajstić information content (AvgIpc) is 3.02. The summed E-state index contributed by atoms with van der Waals surface area (Å²) in [5, 5.41) is 7.88. The highest BCUT2D eigenvalue weighted by Gasteiger charge is 2.32. The fourth-order valence-corrected chi connectivity index (χ4v) is 2.58. The molecule has 0 unspecified atom stereocenters. The Hall–Kier alpha value is -2.63. The van der Waals surface area contributed by atoms with E-state index in [0.29, 0.717) is 17.3 Å². The third-order valence-electron chi connectivity index (χ3n) is 3.45. The molecule has 0 radical (unpaired) electrons. The SMILES string of the molecule is CC1(C)Cc2cccc(Oc3nccn4cnnc34)c2O1. The molecule has 0 amide bonds. The molecular formula is C15H14N4O2. The molecule has 2 aromatic heterocycles. The Morgan fingerprint density at radius 2 is 2.24 bits per heavy atom. The van der Waals surface area contributed by atoms with E-state index in [1.807, 2.05) is 12.1 Å². The summed E-state index contributed by atoms with van der Waals surface area (Å²) in [7, 11) is 0. The minimum absolute atomic E-state index is 0.212. The first-order valence-corrected chi connectivity index (χ1v) is 6.75. The highest BCUT2D eigenvalue weighted by atomic mass is 16.5. The molecular weight excluding hydrogens is 268 g/mol. The second-order valence-electron chi connectivity index (χ2n) is 5.68. The number of para-hydroxylation sites is 1. The van der Waals surface area contributed by atoms with Gasteiger partial charge in [-0.1, -0.05) is 12.1 Å². The number of nitrogens with zero attached hydrogens (tertiary/aromatic N) is 4. The predicted molar refractivity (Wildman–Crippen MR) is 75.7 cm³/mol. The average molecular weight is 282 g/mol. The fraction of sp³-hybridized carbons (Fsp3) is 0.267. The van der Waals surface area contributed by atoms with Gasteiger partial charge in [0.15, 0.2) is 11.5 Å². The van der Waals surface area contributed by atoms with Crippen LogP contribution in [0.2, 0.25) is 0 Å². The molecule has 0 saturated carbocycles. The minimum Gasteiger partial charge on any atom is -0.483 e. The maximum absolute atomic E-state index is 6.00. The van der Waals surface area contributed by atoms with Crippen LogP contribution in [-0.4, -0.2) is 25.2 Å². The molecule has 0 spiro atoms. The van der Waals surface area contributed by atoms with Gasteiger partial charge in [0.2, 0.25) is 5.65 Å². The molecule has 3 aromatic rings. The topological polar surface area (TPSA) is 61.5 Å². The Morgan fingerprint density at radius 3 is 3.14 bits per heavy atom. The Morgan fingerprint density at radius 1 is 1.33 bits per heavy atom. The van der Waals surface area contributed by atoms with E-state index in [9.17, 15) is 0 Å². The van der Waals surface area contributed by atoms with Crippen LogP contribution >= 0.6 is 0 Å². The van der Waals surface area contributed by atoms with Crippen molar-refractivity contribution in [2.45, 2.75) is 25.9 Å². The molecule has 4 rings (SSSR count). The van der Waals surface area contributed by atoms with E-state index in [0.717, 1.165) is 17.7 Å². The molecule has 1 aliphatic heterocycles. The van der Waals surface area contributed by atoms with Crippen LogP contribution in [0, 0.1) is 0 Å². The van der Waals surface area contributed by atoms with Crippen LogP contribution in [0.3, 0.4) is 0 Å². The van der Waals surface area contributed by atoms with Crippen molar-refractivity contribution in [3.63, 3.8) is 0 Å². The lowest BCUT2D eigenvalue weighted by molar-refractivity contribution is 0.135. The third-order valence-corrected chi connectivity index (χ3v) is 3.45. The second kappa shape index (κ2) is 4.18. The van der Waals surface area contributed by atoms with Crippen LogP contribution in [-0.2, 0) is 6.42 Å². The monoisotopic (exact) mass is 282 g/mol. The summed E-state index contributed by atoms with van der Waals surface area (Å²) >= 11 is 0. The molecule has 0 bridgehead atoms. The Kier molecular flexibility index (Phi) is 2.42. The van der Waals surface area contributed by atoms with E-state index in [-0.39, 0.29) is 5.60 Å². The highest BCUT2D eigenvalue weighted by molar-refractivity contribution is 5.55. The number of benzene rings is 1. The van der Waals surface area contributed by atoms with Gasteiger partial charge in [-0.25, -0.2) is 4.98 Å². The van der Waals surface area contributed by atoms with Crippen LogP contribution in [0.5, 0.6) is 17.4 Å². The molecule has 0 aliphatic carbocycles. The summed E-state index contributed by atoms with van der Waals surface area (Å²) in [5.41, 5.74) is 1.51. The predicted octanol–water partition coefficient (Wildman–Crippen LogP) is 2.63. The molecule has 1 aliphatic rings. The van der Waals surface area contributed by atoms with Crippen molar-refractivity contribution in [1.82, 2.24) is 19.6 Å². The van der Waals surface area contributed by atoms with Crippen LogP contribution < -0.4 is 9.47 Å². The van der Waals surface area contributed by atoms with E-state index >= 15 is 0 Å². The van der Waals surface area contributed by atoms with Gasteiger partial charge in [0.25, 0.3) is 5.88 Å². The first-order chi connectivity index (χ1) is 10.1. The van der Waals surface area contributed by atoms with Crippen LogP contribution in [0.25, 0.3) is 5.65 Å². The molecule has 0 atom stereocenters. The number of rotatable bonds is 2. The fourth-order valence-electron chi connectivity index (χ4n) is 2.58. The maximum Gasteiger partial charge on any atom is 0.265 e. The lowest BCUT2D eigenvalue weighted by Gasteiger charge is -2.18. The Labute approximate surface area is 121 Å². The van der Waals surface area contributed by atoms with Crippen molar-refractivity contribution in [3.8, 4) is 17.4 Å². The molecule has 21 heavy (non-hydrogen) atoms. The Balaban J connectivity index is 1.77. The summed E-state index contributed by atoms with van der Waals surface area (Å²) in [5.74, 6) is 1.85. The Bertz CT molecular complexity index is 825. The van der Waals surface area contributed by atoms with Gasteiger partial charge in [0, 0.05) is 24.4 Å². The zero-order chi connectivity index (χ0) is 14.4. The summed E-state index contributed by atoms with van der Waals surface area (Å²) in [6.07, 6.45) is 5.90. The van der Waals surface area contributed by atoms with Crippen LogP contribution in [0.4, 0.5) is 0 Å². The lowest BCUT2D eigenvalue weighted by Crippen LogP contribution is -2.24. The van der Waals surface area contributed by atoms with Gasteiger partial charge in [-0.2, -0.15) is 0 Å². The number of aromatic nitrogens is 4. The van der Waals surface area contributed by atoms with Crippen molar-refractivity contribution >= 4 is 5.65 Å². The standard InChI is InChI=1S/C15H14N4O2/c1-15(2)8-10-4-3-5-11(12(10)21-15)20-14-13-18-17-9-19(13)7-6-16-14/h3-7,9H,8H2,1-2H3. The van der Waals surface area contributed by atoms with Crippen molar-refractivity contribution in [2.24, 2.45) is 0 Å². The van der Waals surface area contributed by atoms with Gasteiger partial charge in [0.05, 0.1) is 0 Å². The summed E-state index contributed by atoms with van der Waals surface area (Å²) in [6.45, 7) is 4.13. The molecule has 0 fully saturated rings. The molecule has 6 nitrogen and oxygen atoms in total. The van der Waals surface area contributed by atoms with Gasteiger partial charge in [0.1, 0.15) is 11.9 Å². The van der Waals surface area contributed by atoms with Crippen molar-refractivity contribution in [2.75, 3.05) is 0 Å². The summed E-state index contributed by atoms with van der Waals surface area (Å²) < 4.78 is 13.7. The first kappa shape index (κ1) is 12.1. The quantitative estimate of drug-likeness (QED) is 0.723. The molecule has 6 heteroatoms. The first-order valence-electron chi connectivity index (χ1n) is 6.75. The molecule has 1 aromatic carbocycles. The lowest BCUT2D eigenvalue weighted by atomic mass is 10.0. The van der Waals surface area contributed by atoms with Gasteiger partial charge in [-0.05, 0) is 19.9 Å². The summed E-state index contributed by atoms with van der Waals surface area (Å²) in [4.78, 5) is 4.24. The highest BCUT2D eigenvalue weighted by Crippen LogP contribution is 2.43. The van der Waals surface area contributed by atoms with E-state index in [2.05, 4.69) is 35.1 Å². The van der Waals surface area contributed by atoms with E-state index in [1.54, 1.807) is 23.1 Å². The maximum atomic E-state index is 6.00. The number of hydrogen-bond donors (Lipinski definition) is 0. The van der Waals surface area contributed by atoms with Gasteiger partial charge < -0.3 is 9.47 Å². The number of hydrogen-bond acceptors (Lipinski definition) is 5. The zero-order valence-corrected chi connectivity index (χ0v) is 11.8. The van der Waals surface area contributed by atoms with E-state index < -0.39 is 0 Å². The number of ether oxygens (including phenoxy) is 2. The van der Waals surface area contributed by atoms with Gasteiger partial charge in [-0.15, -0.1) is 10.2 Å². The molecule has 0 N–H and O–H groups in total. The van der Waals surface area contributed by atoms with Crippen LogP contribution in [0.1, 0.15) is 19.4 Å². The van der Waals surface area contributed by atoms with Crippen molar-refractivity contribution < 1.29 is 9.47 Å². The third kappa shape index (κ3) is 1.99. The molecule has 0 saturated heterocycles. The van der Waals surface area contributed by atoms with E-state index in [4.69, 9.17) is 9.47 Å². The van der Waals surface area contributed by atoms with E-state index in [1.165, 1.54) is 0 Å². The summed E-state index contributed by atoms with van der Waals surface area (Å²) in [6, 6.07) is 5.90. The number of fused-ring (bicyclic) bond motifs is 2. The smallest absolute Gasteiger partial charge is 0.265 e. The van der Waals surface area contributed by atoms with Gasteiger partial charge >= 0.3 is 0 Å². The molecule has 3 heterocycles.